The van der Waals surface area contributed by atoms with Crippen LogP contribution in [0.1, 0.15) is 19.4 Å². The number of nitrogens with one attached hydrogen (secondary N) is 1. The van der Waals surface area contributed by atoms with Crippen LogP contribution in [0.25, 0.3) is 0 Å². The Balaban J connectivity index is 2.05. The predicted molar refractivity (Wildman–Crippen MR) is 102 cm³/mol. The summed E-state index contributed by atoms with van der Waals surface area (Å²) in [6.07, 6.45) is 0. The molecule has 0 aliphatic carbocycles. The molecule has 27 heavy (non-hydrogen) atoms. The molecule has 0 atom stereocenters. The number of ether oxygens (including phenoxy) is 1. The number of carbonyl (C=O) groups excluding carboxylic acids is 1. The van der Waals surface area contributed by atoms with Crippen molar-refractivity contribution < 1.29 is 22.3 Å². The Kier molecular flexibility index (Phi) is 6.92. The van der Waals surface area contributed by atoms with E-state index in [0.29, 0.717) is 18.0 Å². The lowest BCUT2D eigenvalue weighted by molar-refractivity contribution is -0.116. The molecule has 1 N–H and O–H groups in total. The summed E-state index contributed by atoms with van der Waals surface area (Å²) >= 11 is 0. The van der Waals surface area contributed by atoms with Gasteiger partial charge in [0, 0.05) is 25.7 Å². The van der Waals surface area contributed by atoms with Crippen LogP contribution in [0.4, 0.5) is 10.1 Å². The van der Waals surface area contributed by atoms with Crippen molar-refractivity contribution in [3.63, 3.8) is 0 Å². The van der Waals surface area contributed by atoms with Gasteiger partial charge in [-0.2, -0.15) is 0 Å². The molecule has 0 bridgehead atoms. The highest BCUT2D eigenvalue weighted by atomic mass is 32.2. The van der Waals surface area contributed by atoms with E-state index in [-0.39, 0.29) is 29.5 Å². The van der Waals surface area contributed by atoms with Gasteiger partial charge in [0.1, 0.15) is 11.6 Å². The van der Waals surface area contributed by atoms with E-state index in [4.69, 9.17) is 4.74 Å². The number of sulfonamides is 1. The van der Waals surface area contributed by atoms with Crippen molar-refractivity contribution in [3.05, 3.63) is 53.8 Å². The molecule has 1 amide bonds. The van der Waals surface area contributed by atoms with E-state index in [1.54, 1.807) is 24.3 Å². The van der Waals surface area contributed by atoms with E-state index in [9.17, 15) is 17.6 Å². The highest BCUT2D eigenvalue weighted by Crippen LogP contribution is 2.20. The fourth-order valence-electron chi connectivity index (χ4n) is 2.52. The zero-order valence-corrected chi connectivity index (χ0v) is 16.3. The van der Waals surface area contributed by atoms with Gasteiger partial charge < -0.3 is 9.64 Å². The number of carbonyl (C=O) groups is 1. The van der Waals surface area contributed by atoms with Gasteiger partial charge in [-0.05, 0) is 61.9 Å². The monoisotopic (exact) mass is 394 g/mol. The Morgan fingerprint density at radius 1 is 1.19 bits per heavy atom. The molecule has 0 unspecified atom stereocenters. The zero-order valence-electron chi connectivity index (χ0n) is 15.5. The fraction of sp³-hybridized carbons (Fsp3) is 0.316. The SMILES string of the molecule is CCOc1ccc(N(CCNS(=O)(=O)c2ccc(F)c(C)c2)C(C)=O)cc1. The van der Waals surface area contributed by atoms with Crippen molar-refractivity contribution in [2.75, 3.05) is 24.6 Å². The molecule has 8 heteroatoms. The molecule has 2 aromatic carbocycles. The van der Waals surface area contributed by atoms with Crippen molar-refractivity contribution >= 4 is 21.6 Å². The predicted octanol–water partition coefficient (Wildman–Crippen LogP) is 2.86. The highest BCUT2D eigenvalue weighted by molar-refractivity contribution is 7.89. The molecule has 0 fully saturated rings. The Morgan fingerprint density at radius 2 is 1.85 bits per heavy atom. The molecule has 146 valence electrons. The molecular formula is C19H23FN2O4S. The maximum absolute atomic E-state index is 13.3. The van der Waals surface area contributed by atoms with Crippen LogP contribution in [-0.4, -0.2) is 34.0 Å². The quantitative estimate of drug-likeness (QED) is 0.747. The summed E-state index contributed by atoms with van der Waals surface area (Å²) in [5.41, 5.74) is 0.889. The zero-order chi connectivity index (χ0) is 20.0. The third-order valence-corrected chi connectivity index (χ3v) is 5.37. The van der Waals surface area contributed by atoms with Crippen LogP contribution in [0.3, 0.4) is 0 Å². The van der Waals surface area contributed by atoms with E-state index in [0.717, 1.165) is 6.07 Å². The Bertz CT molecular complexity index is 898. The average molecular weight is 394 g/mol. The maximum Gasteiger partial charge on any atom is 0.240 e. The number of aryl methyl sites for hydroxylation is 1. The molecule has 0 spiro atoms. The standard InChI is InChI=1S/C19H23FN2O4S/c1-4-26-17-7-5-16(6-8-17)22(15(3)23)12-11-21-27(24,25)18-9-10-19(20)14(2)13-18/h5-10,13,21H,4,11-12H2,1-3H3. The van der Waals surface area contributed by atoms with Crippen LogP contribution in [0.5, 0.6) is 5.75 Å². The highest BCUT2D eigenvalue weighted by Gasteiger charge is 2.17. The van der Waals surface area contributed by atoms with Gasteiger partial charge in [-0.25, -0.2) is 17.5 Å². The van der Waals surface area contributed by atoms with Gasteiger partial charge in [-0.15, -0.1) is 0 Å². The molecule has 0 aliphatic heterocycles. The smallest absolute Gasteiger partial charge is 0.240 e. The van der Waals surface area contributed by atoms with E-state index in [2.05, 4.69) is 4.72 Å². The van der Waals surface area contributed by atoms with Gasteiger partial charge in [0.2, 0.25) is 15.9 Å². The molecular weight excluding hydrogens is 371 g/mol. The average Bonchev–Trinajstić information content (AvgIpc) is 2.62. The summed E-state index contributed by atoms with van der Waals surface area (Å²) in [4.78, 5) is 13.4. The molecule has 0 saturated carbocycles. The Labute approximate surface area is 159 Å². The first kappa shape index (κ1) is 20.9. The number of rotatable bonds is 8. The number of benzene rings is 2. The van der Waals surface area contributed by atoms with E-state index in [1.165, 1.54) is 30.9 Å². The summed E-state index contributed by atoms with van der Waals surface area (Å²) in [6, 6.07) is 10.6. The summed E-state index contributed by atoms with van der Waals surface area (Å²) in [6.45, 7) is 5.51. The maximum atomic E-state index is 13.3. The van der Waals surface area contributed by atoms with Crippen LogP contribution in [0, 0.1) is 12.7 Å². The molecule has 0 radical (unpaired) electrons. The number of hydrogen-bond donors (Lipinski definition) is 1. The Hall–Kier alpha value is -2.45. The summed E-state index contributed by atoms with van der Waals surface area (Å²) in [7, 11) is -3.79. The first-order valence-corrected chi connectivity index (χ1v) is 9.99. The first-order valence-electron chi connectivity index (χ1n) is 8.51. The summed E-state index contributed by atoms with van der Waals surface area (Å²) < 4.78 is 45.8. The second-order valence-electron chi connectivity index (χ2n) is 5.91. The lowest BCUT2D eigenvalue weighted by atomic mass is 10.2. The van der Waals surface area contributed by atoms with Gasteiger partial charge >= 0.3 is 0 Å². The molecule has 2 aromatic rings. The minimum atomic E-state index is -3.79. The summed E-state index contributed by atoms with van der Waals surface area (Å²) in [5.74, 6) is 0.0142. The van der Waals surface area contributed by atoms with E-state index >= 15 is 0 Å². The lowest BCUT2D eigenvalue weighted by Crippen LogP contribution is -2.37. The molecule has 0 aromatic heterocycles. The van der Waals surface area contributed by atoms with Gasteiger partial charge in [0.05, 0.1) is 11.5 Å². The topological polar surface area (TPSA) is 75.7 Å². The summed E-state index contributed by atoms with van der Waals surface area (Å²) in [5, 5.41) is 0. The molecule has 0 heterocycles. The van der Waals surface area contributed by atoms with Crippen LogP contribution >= 0.6 is 0 Å². The van der Waals surface area contributed by atoms with Crippen LogP contribution in [-0.2, 0) is 14.8 Å². The number of nitrogens with zero attached hydrogens (tertiary/aromatic N) is 1. The number of amides is 1. The van der Waals surface area contributed by atoms with Crippen molar-refractivity contribution in [1.29, 1.82) is 0 Å². The Morgan fingerprint density at radius 3 is 2.41 bits per heavy atom. The number of anilines is 1. The second kappa shape index (κ2) is 8.96. The van der Waals surface area contributed by atoms with Crippen LogP contribution < -0.4 is 14.4 Å². The van der Waals surface area contributed by atoms with Crippen molar-refractivity contribution in [3.8, 4) is 5.75 Å². The van der Waals surface area contributed by atoms with Crippen molar-refractivity contribution in [2.24, 2.45) is 0 Å². The van der Waals surface area contributed by atoms with E-state index in [1.807, 2.05) is 6.92 Å². The largest absolute Gasteiger partial charge is 0.494 e. The third kappa shape index (κ3) is 5.51. The minimum Gasteiger partial charge on any atom is -0.494 e. The molecule has 0 saturated heterocycles. The lowest BCUT2D eigenvalue weighted by Gasteiger charge is -2.21. The van der Waals surface area contributed by atoms with Crippen LogP contribution in [0.2, 0.25) is 0 Å². The van der Waals surface area contributed by atoms with Gasteiger partial charge in [-0.3, -0.25) is 4.79 Å². The van der Waals surface area contributed by atoms with Gasteiger partial charge in [0.25, 0.3) is 0 Å². The van der Waals surface area contributed by atoms with Gasteiger partial charge in [-0.1, -0.05) is 0 Å². The normalized spacial score (nSPS) is 11.3. The number of hydrogen-bond acceptors (Lipinski definition) is 4. The first-order chi connectivity index (χ1) is 12.7. The second-order valence-corrected chi connectivity index (χ2v) is 7.67. The van der Waals surface area contributed by atoms with Crippen molar-refractivity contribution in [1.82, 2.24) is 4.72 Å². The van der Waals surface area contributed by atoms with E-state index < -0.39 is 15.8 Å². The minimum absolute atomic E-state index is 0.0168. The van der Waals surface area contributed by atoms with Gasteiger partial charge in [0.15, 0.2) is 0 Å². The molecule has 6 nitrogen and oxygen atoms in total. The fourth-order valence-corrected chi connectivity index (χ4v) is 3.62. The van der Waals surface area contributed by atoms with Crippen LogP contribution in [0.15, 0.2) is 47.4 Å². The molecule has 0 aliphatic rings. The van der Waals surface area contributed by atoms with Crippen molar-refractivity contribution in [2.45, 2.75) is 25.7 Å². The molecule has 2 rings (SSSR count). The third-order valence-electron chi connectivity index (χ3n) is 3.91. The number of halogens is 1.